The van der Waals surface area contributed by atoms with Crippen molar-refractivity contribution >= 4 is 61.4 Å². The predicted molar refractivity (Wildman–Crippen MR) is 144 cm³/mol. The van der Waals surface area contributed by atoms with Gasteiger partial charge < -0.3 is 15.0 Å². The number of thiophene rings is 1. The van der Waals surface area contributed by atoms with Gasteiger partial charge in [-0.1, -0.05) is 17.7 Å². The Morgan fingerprint density at radius 3 is 2.86 bits per heavy atom. The number of fused-ring (bicyclic) bond motifs is 3. The molecule has 0 spiro atoms. The summed E-state index contributed by atoms with van der Waals surface area (Å²) in [6, 6.07) is 8.08. The summed E-state index contributed by atoms with van der Waals surface area (Å²) in [5.41, 5.74) is 3.97. The number of carbonyl (C=O) groups excluding carboxylic acids is 1. The maximum Gasteiger partial charge on any atom is 0.319 e. The number of esters is 1. The summed E-state index contributed by atoms with van der Waals surface area (Å²) < 4.78 is 5.47. The second kappa shape index (κ2) is 10.5. The number of aromatic nitrogens is 3. The van der Waals surface area contributed by atoms with E-state index in [1.165, 1.54) is 45.5 Å². The molecule has 2 N–H and O–H groups in total. The summed E-state index contributed by atoms with van der Waals surface area (Å²) in [5, 5.41) is 6.26. The van der Waals surface area contributed by atoms with E-state index in [1.54, 1.807) is 18.3 Å². The third kappa shape index (κ3) is 5.60. The molecule has 10 heteroatoms. The Labute approximate surface area is 215 Å². The highest BCUT2D eigenvalue weighted by Crippen LogP contribution is 2.33. The molecule has 1 aromatic carbocycles. The molecular formula is C25H26N4O3S3. The Morgan fingerprint density at radius 1 is 1.23 bits per heavy atom. The van der Waals surface area contributed by atoms with Gasteiger partial charge in [0.15, 0.2) is 5.13 Å². The zero-order valence-electron chi connectivity index (χ0n) is 19.6. The first-order chi connectivity index (χ1) is 17.0. The second-order valence-corrected chi connectivity index (χ2v) is 11.9. The van der Waals surface area contributed by atoms with Crippen molar-refractivity contribution in [2.24, 2.45) is 0 Å². The van der Waals surface area contributed by atoms with Gasteiger partial charge in [-0.3, -0.25) is 9.59 Å². The summed E-state index contributed by atoms with van der Waals surface area (Å²) >= 11 is 4.50. The van der Waals surface area contributed by atoms with Gasteiger partial charge in [0.25, 0.3) is 5.56 Å². The van der Waals surface area contributed by atoms with Crippen molar-refractivity contribution in [2.45, 2.75) is 57.1 Å². The minimum absolute atomic E-state index is 0.0705. The van der Waals surface area contributed by atoms with Crippen LogP contribution in [-0.2, 0) is 34.7 Å². The molecule has 7 nitrogen and oxygen atoms in total. The fourth-order valence-electron chi connectivity index (χ4n) is 4.00. The number of thioether (sulfide) groups is 1. The number of nitrogens with one attached hydrogen (secondary N) is 2. The number of thiazole rings is 1. The van der Waals surface area contributed by atoms with E-state index in [4.69, 9.17) is 4.74 Å². The van der Waals surface area contributed by atoms with Crippen LogP contribution in [0.15, 0.2) is 34.4 Å². The van der Waals surface area contributed by atoms with Gasteiger partial charge in [0.05, 0.1) is 16.8 Å². The topological polar surface area (TPSA) is 97.0 Å². The van der Waals surface area contributed by atoms with E-state index >= 15 is 0 Å². The molecule has 5 rings (SSSR count). The Kier molecular flexibility index (Phi) is 7.22. The lowest BCUT2D eigenvalue weighted by Gasteiger charge is -2.11. The molecule has 0 unspecified atom stereocenters. The maximum absolute atomic E-state index is 12.7. The average Bonchev–Trinajstić information content (AvgIpc) is 3.46. The van der Waals surface area contributed by atoms with E-state index in [-0.39, 0.29) is 18.1 Å². The lowest BCUT2D eigenvalue weighted by molar-refractivity contribution is -0.144. The minimum Gasteiger partial charge on any atom is -0.458 e. The molecule has 0 fully saturated rings. The molecular weight excluding hydrogens is 501 g/mol. The number of carbonyl (C=O) groups is 1. The molecule has 0 bridgehead atoms. The Hall–Kier alpha value is -2.69. The smallest absolute Gasteiger partial charge is 0.319 e. The van der Waals surface area contributed by atoms with Gasteiger partial charge in [-0.2, -0.15) is 0 Å². The first kappa shape index (κ1) is 24.0. The van der Waals surface area contributed by atoms with Crippen molar-refractivity contribution in [1.29, 1.82) is 0 Å². The van der Waals surface area contributed by atoms with Gasteiger partial charge in [-0.25, -0.2) is 9.97 Å². The number of hydrogen-bond donors (Lipinski definition) is 2. The van der Waals surface area contributed by atoms with E-state index in [0.717, 1.165) is 40.3 Å². The number of H-pyrrole nitrogens is 1. The van der Waals surface area contributed by atoms with Crippen LogP contribution in [0.25, 0.3) is 10.2 Å². The monoisotopic (exact) mass is 526 g/mol. The maximum atomic E-state index is 12.7. The molecule has 0 amide bonds. The first-order valence-corrected chi connectivity index (χ1v) is 14.3. The van der Waals surface area contributed by atoms with E-state index < -0.39 is 5.25 Å². The summed E-state index contributed by atoms with van der Waals surface area (Å²) in [4.78, 5) is 39.4. The Balaban J connectivity index is 1.14. The van der Waals surface area contributed by atoms with Gasteiger partial charge in [-0.15, -0.1) is 34.4 Å². The van der Waals surface area contributed by atoms with Gasteiger partial charge >= 0.3 is 5.97 Å². The molecule has 0 saturated carbocycles. The Morgan fingerprint density at radius 2 is 2.03 bits per heavy atom. The molecule has 35 heavy (non-hydrogen) atoms. The molecule has 182 valence electrons. The summed E-state index contributed by atoms with van der Waals surface area (Å²) in [5.74, 6) is 0.717. The van der Waals surface area contributed by atoms with Crippen LogP contribution in [0.1, 0.15) is 47.3 Å². The number of rotatable bonds is 8. The number of hydrogen-bond acceptors (Lipinski definition) is 9. The molecule has 4 aromatic rings. The van der Waals surface area contributed by atoms with E-state index in [1.807, 2.05) is 36.6 Å². The highest BCUT2D eigenvalue weighted by molar-refractivity contribution is 7.99. The van der Waals surface area contributed by atoms with Gasteiger partial charge in [0.1, 0.15) is 22.5 Å². The van der Waals surface area contributed by atoms with Crippen molar-refractivity contribution in [3.8, 4) is 0 Å². The fourth-order valence-corrected chi connectivity index (χ4v) is 6.75. The zero-order chi connectivity index (χ0) is 24.4. The number of benzene rings is 1. The summed E-state index contributed by atoms with van der Waals surface area (Å²) in [6.45, 7) is 3.97. The van der Waals surface area contributed by atoms with E-state index in [2.05, 4.69) is 20.3 Å². The van der Waals surface area contributed by atoms with Crippen molar-refractivity contribution in [3.05, 3.63) is 67.5 Å². The molecule has 0 aliphatic heterocycles. The molecule has 0 saturated heterocycles. The van der Waals surface area contributed by atoms with E-state index in [9.17, 15) is 9.59 Å². The summed E-state index contributed by atoms with van der Waals surface area (Å²) in [6.07, 6.45) is 4.29. The number of aromatic amines is 1. The van der Waals surface area contributed by atoms with Crippen LogP contribution in [0.4, 0.5) is 10.8 Å². The summed E-state index contributed by atoms with van der Waals surface area (Å²) in [7, 11) is 0. The molecule has 3 aromatic heterocycles. The lowest BCUT2D eigenvalue weighted by Crippen LogP contribution is -2.18. The van der Waals surface area contributed by atoms with Gasteiger partial charge in [0, 0.05) is 15.9 Å². The third-order valence-corrected chi connectivity index (χ3v) is 9.02. The highest BCUT2D eigenvalue weighted by Gasteiger charge is 2.21. The zero-order valence-corrected chi connectivity index (χ0v) is 22.0. The largest absolute Gasteiger partial charge is 0.458 e. The van der Waals surface area contributed by atoms with Gasteiger partial charge in [-0.05, 0) is 57.2 Å². The van der Waals surface area contributed by atoms with Crippen LogP contribution < -0.4 is 10.9 Å². The number of nitrogens with zero attached hydrogens (tertiary/aromatic N) is 2. The van der Waals surface area contributed by atoms with E-state index in [0.29, 0.717) is 17.3 Å². The highest BCUT2D eigenvalue weighted by atomic mass is 32.2. The number of ether oxygens (including phenoxy) is 1. The van der Waals surface area contributed by atoms with Crippen LogP contribution in [0, 0.1) is 6.92 Å². The average molecular weight is 527 g/mol. The number of anilines is 2. The van der Waals surface area contributed by atoms with Crippen LogP contribution in [-0.4, -0.2) is 26.2 Å². The normalized spacial score (nSPS) is 14.0. The van der Waals surface area contributed by atoms with Crippen LogP contribution >= 0.6 is 34.4 Å². The quantitative estimate of drug-likeness (QED) is 0.283. The van der Waals surface area contributed by atoms with Crippen LogP contribution in [0.3, 0.4) is 0 Å². The Bertz CT molecular complexity index is 1410. The molecule has 1 aliphatic carbocycles. The predicted octanol–water partition coefficient (Wildman–Crippen LogP) is 5.74. The first-order valence-electron chi connectivity index (χ1n) is 11.6. The SMILES string of the molecule is Cc1ccc(Nc2nc(COC(=O)[C@H](C)SCc3nc4sc5c(c4c(=O)[nH]3)CCCC5)cs2)cc1. The molecule has 0 radical (unpaired) electrons. The second-order valence-electron chi connectivity index (χ2n) is 8.60. The fraction of sp³-hybridized carbons (Fsp3) is 0.360. The van der Waals surface area contributed by atoms with Crippen molar-refractivity contribution in [2.75, 3.05) is 5.32 Å². The molecule has 1 atom stereocenters. The molecule has 3 heterocycles. The standard InChI is InChI=1S/C25H26N4O3S3/c1-14-7-9-16(10-8-14)26-25-27-17(12-34-25)11-32-24(31)15(2)33-13-20-28-22(30)21-18-5-3-4-6-19(18)35-23(21)29-20/h7-10,12,15H,3-6,11,13H2,1-2H3,(H,26,27)(H,28,29,30)/t15-/m0/s1. The van der Waals surface area contributed by atoms with Crippen LogP contribution in [0.5, 0.6) is 0 Å². The van der Waals surface area contributed by atoms with Crippen molar-refractivity contribution in [1.82, 2.24) is 15.0 Å². The minimum atomic E-state index is -0.392. The lowest BCUT2D eigenvalue weighted by atomic mass is 9.97. The van der Waals surface area contributed by atoms with Gasteiger partial charge in [0.2, 0.25) is 0 Å². The third-order valence-electron chi connectivity index (χ3n) is 5.89. The molecule has 1 aliphatic rings. The number of aryl methyl sites for hydroxylation is 3. The van der Waals surface area contributed by atoms with Crippen LogP contribution in [0.2, 0.25) is 0 Å². The van der Waals surface area contributed by atoms with Crippen molar-refractivity contribution in [3.63, 3.8) is 0 Å². The van der Waals surface area contributed by atoms with Crippen molar-refractivity contribution < 1.29 is 9.53 Å².